The quantitative estimate of drug-likeness (QED) is 0.832. The summed E-state index contributed by atoms with van der Waals surface area (Å²) in [4.78, 5) is 0. The standard InChI is InChI=1S/C10H12BrNO/c11-9-2-1-3-10-8(9)6-7(12-10)4-5-13/h1-3,7,12-13H,4-6H2. The van der Waals surface area contributed by atoms with Gasteiger partial charge in [0.1, 0.15) is 0 Å². The van der Waals surface area contributed by atoms with Crippen LogP contribution >= 0.6 is 15.9 Å². The molecule has 70 valence electrons. The van der Waals surface area contributed by atoms with Gasteiger partial charge in [-0.05, 0) is 30.5 Å². The Hall–Kier alpha value is -0.540. The van der Waals surface area contributed by atoms with Crippen LogP contribution in [-0.4, -0.2) is 17.8 Å². The molecule has 1 aromatic carbocycles. The minimum absolute atomic E-state index is 0.253. The lowest BCUT2D eigenvalue weighted by molar-refractivity contribution is 0.280. The normalized spacial score (nSPS) is 19.7. The molecule has 0 spiro atoms. The summed E-state index contributed by atoms with van der Waals surface area (Å²) in [6, 6.07) is 6.56. The van der Waals surface area contributed by atoms with Gasteiger partial charge < -0.3 is 10.4 Å². The Kier molecular flexibility index (Phi) is 2.56. The van der Waals surface area contributed by atoms with Gasteiger partial charge in [-0.1, -0.05) is 22.0 Å². The van der Waals surface area contributed by atoms with Gasteiger partial charge in [-0.2, -0.15) is 0 Å². The van der Waals surface area contributed by atoms with Crippen LogP contribution in [-0.2, 0) is 6.42 Å². The van der Waals surface area contributed by atoms with Gasteiger partial charge in [0.2, 0.25) is 0 Å². The second kappa shape index (κ2) is 3.68. The fourth-order valence-corrected chi connectivity index (χ4v) is 2.28. The molecule has 0 amide bonds. The molecule has 0 bridgehead atoms. The third-order valence-corrected chi connectivity index (χ3v) is 3.15. The maximum atomic E-state index is 8.82. The number of hydrogen-bond acceptors (Lipinski definition) is 2. The van der Waals surface area contributed by atoms with E-state index in [-0.39, 0.29) is 6.61 Å². The Morgan fingerprint density at radius 3 is 3.08 bits per heavy atom. The summed E-state index contributed by atoms with van der Waals surface area (Å²) in [6.45, 7) is 0.253. The van der Waals surface area contributed by atoms with E-state index in [0.717, 1.165) is 17.3 Å². The summed E-state index contributed by atoms with van der Waals surface area (Å²) in [5.41, 5.74) is 2.54. The maximum Gasteiger partial charge on any atom is 0.0450 e. The van der Waals surface area contributed by atoms with Crippen LogP contribution < -0.4 is 5.32 Å². The largest absolute Gasteiger partial charge is 0.396 e. The molecule has 0 aliphatic carbocycles. The van der Waals surface area contributed by atoms with Crippen molar-refractivity contribution in [3.05, 3.63) is 28.2 Å². The van der Waals surface area contributed by atoms with Crippen LogP contribution in [0.5, 0.6) is 0 Å². The highest BCUT2D eigenvalue weighted by atomic mass is 79.9. The Morgan fingerprint density at radius 2 is 2.38 bits per heavy atom. The highest BCUT2D eigenvalue weighted by molar-refractivity contribution is 9.10. The second-order valence-corrected chi connectivity index (χ2v) is 4.18. The Morgan fingerprint density at radius 1 is 1.54 bits per heavy atom. The fraction of sp³-hybridized carbons (Fsp3) is 0.400. The Labute approximate surface area is 86.1 Å². The third kappa shape index (κ3) is 1.71. The minimum Gasteiger partial charge on any atom is -0.396 e. The molecule has 2 N–H and O–H groups in total. The molecule has 2 nitrogen and oxygen atoms in total. The average molecular weight is 242 g/mol. The van der Waals surface area contributed by atoms with E-state index in [1.807, 2.05) is 6.07 Å². The van der Waals surface area contributed by atoms with Crippen molar-refractivity contribution in [2.45, 2.75) is 18.9 Å². The highest BCUT2D eigenvalue weighted by Crippen LogP contribution is 2.32. The Balaban J connectivity index is 2.20. The van der Waals surface area contributed by atoms with Crippen LogP contribution in [0.3, 0.4) is 0 Å². The number of benzene rings is 1. The first-order valence-electron chi connectivity index (χ1n) is 4.46. The first kappa shape index (κ1) is 9.03. The van der Waals surface area contributed by atoms with E-state index in [0.29, 0.717) is 6.04 Å². The molecule has 1 aliphatic heterocycles. The number of fused-ring (bicyclic) bond motifs is 1. The van der Waals surface area contributed by atoms with Crippen LogP contribution in [0.4, 0.5) is 5.69 Å². The molecule has 1 atom stereocenters. The number of rotatable bonds is 2. The number of nitrogens with one attached hydrogen (secondary N) is 1. The lowest BCUT2D eigenvalue weighted by Gasteiger charge is -2.07. The Bertz CT molecular complexity index is 314. The van der Waals surface area contributed by atoms with Gasteiger partial charge in [-0.25, -0.2) is 0 Å². The van der Waals surface area contributed by atoms with Crippen molar-refractivity contribution in [2.75, 3.05) is 11.9 Å². The van der Waals surface area contributed by atoms with E-state index in [1.165, 1.54) is 11.3 Å². The predicted molar refractivity (Wildman–Crippen MR) is 57.0 cm³/mol. The van der Waals surface area contributed by atoms with Gasteiger partial charge in [-0.3, -0.25) is 0 Å². The molecular formula is C10H12BrNO. The van der Waals surface area contributed by atoms with Crippen molar-refractivity contribution < 1.29 is 5.11 Å². The number of aliphatic hydroxyl groups is 1. The van der Waals surface area contributed by atoms with Crippen molar-refractivity contribution in [3.63, 3.8) is 0 Å². The fourth-order valence-electron chi connectivity index (χ4n) is 1.75. The van der Waals surface area contributed by atoms with Gasteiger partial charge in [0.05, 0.1) is 0 Å². The summed E-state index contributed by atoms with van der Waals surface area (Å²) in [5, 5.41) is 12.2. The molecule has 3 heteroatoms. The van der Waals surface area contributed by atoms with Crippen molar-refractivity contribution in [1.29, 1.82) is 0 Å². The summed E-state index contributed by atoms with van der Waals surface area (Å²) < 4.78 is 1.16. The zero-order valence-electron chi connectivity index (χ0n) is 7.26. The molecule has 1 heterocycles. The van der Waals surface area contributed by atoms with E-state index in [9.17, 15) is 0 Å². The van der Waals surface area contributed by atoms with Crippen molar-refractivity contribution in [1.82, 2.24) is 0 Å². The molecular weight excluding hydrogens is 230 g/mol. The third-order valence-electron chi connectivity index (χ3n) is 2.41. The summed E-state index contributed by atoms with van der Waals surface area (Å²) in [5.74, 6) is 0. The zero-order chi connectivity index (χ0) is 9.26. The van der Waals surface area contributed by atoms with Crippen molar-refractivity contribution >= 4 is 21.6 Å². The van der Waals surface area contributed by atoms with Crippen LogP contribution in [0.15, 0.2) is 22.7 Å². The molecule has 1 aliphatic rings. The SMILES string of the molecule is OCCC1Cc2c(Br)cccc2N1. The van der Waals surface area contributed by atoms with E-state index in [4.69, 9.17) is 5.11 Å². The van der Waals surface area contributed by atoms with Gasteiger partial charge in [0.25, 0.3) is 0 Å². The van der Waals surface area contributed by atoms with E-state index in [2.05, 4.69) is 33.4 Å². The smallest absolute Gasteiger partial charge is 0.0450 e. The summed E-state index contributed by atoms with van der Waals surface area (Å²) in [7, 11) is 0. The predicted octanol–water partition coefficient (Wildman–Crippen LogP) is 2.17. The molecule has 0 saturated heterocycles. The molecule has 0 saturated carbocycles. The van der Waals surface area contributed by atoms with Crippen LogP contribution in [0.2, 0.25) is 0 Å². The number of halogens is 1. The van der Waals surface area contributed by atoms with E-state index < -0.39 is 0 Å². The highest BCUT2D eigenvalue weighted by Gasteiger charge is 2.21. The second-order valence-electron chi connectivity index (χ2n) is 3.32. The van der Waals surface area contributed by atoms with E-state index in [1.54, 1.807) is 0 Å². The van der Waals surface area contributed by atoms with Gasteiger partial charge in [-0.15, -0.1) is 0 Å². The molecule has 0 radical (unpaired) electrons. The number of aliphatic hydroxyl groups excluding tert-OH is 1. The van der Waals surface area contributed by atoms with Gasteiger partial charge in [0.15, 0.2) is 0 Å². The summed E-state index contributed by atoms with van der Waals surface area (Å²) in [6.07, 6.45) is 1.83. The van der Waals surface area contributed by atoms with Gasteiger partial charge >= 0.3 is 0 Å². The van der Waals surface area contributed by atoms with Crippen LogP contribution in [0.25, 0.3) is 0 Å². The van der Waals surface area contributed by atoms with Gasteiger partial charge in [0, 0.05) is 22.8 Å². The zero-order valence-corrected chi connectivity index (χ0v) is 8.84. The van der Waals surface area contributed by atoms with E-state index >= 15 is 0 Å². The molecule has 0 fully saturated rings. The van der Waals surface area contributed by atoms with Crippen molar-refractivity contribution in [3.8, 4) is 0 Å². The first-order valence-corrected chi connectivity index (χ1v) is 5.25. The lowest BCUT2D eigenvalue weighted by Crippen LogP contribution is -2.16. The summed E-state index contributed by atoms with van der Waals surface area (Å²) >= 11 is 3.52. The molecule has 1 unspecified atom stereocenters. The van der Waals surface area contributed by atoms with Crippen LogP contribution in [0, 0.1) is 0 Å². The molecule has 1 aromatic rings. The average Bonchev–Trinajstić information content (AvgIpc) is 2.49. The minimum atomic E-state index is 0.253. The monoisotopic (exact) mass is 241 g/mol. The van der Waals surface area contributed by atoms with Crippen molar-refractivity contribution in [2.24, 2.45) is 0 Å². The number of hydrogen-bond donors (Lipinski definition) is 2. The lowest BCUT2D eigenvalue weighted by atomic mass is 10.1. The topological polar surface area (TPSA) is 32.3 Å². The molecule has 13 heavy (non-hydrogen) atoms. The molecule has 0 aromatic heterocycles. The first-order chi connectivity index (χ1) is 6.31. The number of anilines is 1. The van der Waals surface area contributed by atoms with Crippen LogP contribution in [0.1, 0.15) is 12.0 Å². The molecule has 2 rings (SSSR count). The maximum absolute atomic E-state index is 8.82.